The van der Waals surface area contributed by atoms with Crippen molar-refractivity contribution in [2.45, 2.75) is 31.2 Å². The second kappa shape index (κ2) is 16.0. The number of aliphatic hydroxyl groups is 1. The molecule has 1 saturated heterocycles. The lowest BCUT2D eigenvalue weighted by atomic mass is 10.1. The number of fused-ring (bicyclic) bond motifs is 1. The van der Waals surface area contributed by atoms with Crippen molar-refractivity contribution < 1.29 is 37.9 Å². The molecule has 1 fully saturated rings. The molecule has 4 N–H and O–H groups in total. The first-order chi connectivity index (χ1) is 25.8. The lowest BCUT2D eigenvalue weighted by Gasteiger charge is -2.24. The average Bonchev–Trinajstić information content (AvgIpc) is 3.49. The largest absolute Gasteiger partial charge is 0.488 e. The van der Waals surface area contributed by atoms with Gasteiger partial charge in [0.05, 0.1) is 39.8 Å². The van der Waals surface area contributed by atoms with E-state index in [-0.39, 0.29) is 50.6 Å². The lowest BCUT2D eigenvalue weighted by Crippen LogP contribution is -2.47. The van der Waals surface area contributed by atoms with Crippen LogP contribution in [0.15, 0.2) is 97.2 Å². The van der Waals surface area contributed by atoms with Gasteiger partial charge in [0.1, 0.15) is 18.4 Å². The molecular formula is C37H30Cl2F2N6O7. The number of non-ortho nitro benzene ring substituents is 1. The number of nitro groups is 1. The first-order valence-corrected chi connectivity index (χ1v) is 17.0. The first kappa shape index (κ1) is 37.8. The molecule has 1 aromatic heterocycles. The van der Waals surface area contributed by atoms with E-state index in [1.165, 1.54) is 48.7 Å². The number of anilines is 2. The number of carbonyl (C=O) groups is 3. The number of hydrogen-bond acceptors (Lipinski definition) is 9. The van der Waals surface area contributed by atoms with Gasteiger partial charge in [0, 0.05) is 52.0 Å². The summed E-state index contributed by atoms with van der Waals surface area (Å²) in [5.41, 5.74) is 1.60. The summed E-state index contributed by atoms with van der Waals surface area (Å²) in [7, 11) is 0. The number of nitro benzene ring substituents is 1. The van der Waals surface area contributed by atoms with E-state index in [9.17, 15) is 38.4 Å². The van der Waals surface area contributed by atoms with Gasteiger partial charge in [-0.05, 0) is 42.5 Å². The number of para-hydroxylation sites is 2. The normalized spacial score (nSPS) is 15.4. The SMILES string of the molecule is O=C(NCC(=O)N1CC(F)(F)CC1C(=O)Nc1ccccc1COc1ccc(Cl)cc1C(O)Nc1ccc([N+](=O)[O-])cc1Cl)c1ccnc2ccccc12. The Morgan fingerprint density at radius 3 is 2.56 bits per heavy atom. The number of nitrogens with zero attached hydrogens (tertiary/aromatic N) is 3. The Bertz CT molecular complexity index is 2260. The second-order valence-electron chi connectivity index (χ2n) is 12.2. The lowest BCUT2D eigenvalue weighted by molar-refractivity contribution is -0.384. The van der Waals surface area contributed by atoms with Crippen molar-refractivity contribution in [1.29, 1.82) is 0 Å². The molecule has 0 saturated carbocycles. The van der Waals surface area contributed by atoms with Gasteiger partial charge in [-0.15, -0.1) is 0 Å². The molecule has 54 heavy (non-hydrogen) atoms. The van der Waals surface area contributed by atoms with E-state index in [0.29, 0.717) is 16.5 Å². The maximum Gasteiger partial charge on any atom is 0.271 e. The topological polar surface area (TPSA) is 176 Å². The third-order valence-electron chi connectivity index (χ3n) is 8.57. The standard InChI is InChI=1S/C37H30Cl2F2N6O7/c38-22-9-12-32(26(15-22)35(50)45-30-11-10-23(47(52)53)16-27(30)39)54-19-21-5-1-3-7-28(21)44-36(51)31-17-37(40,41)20-46(31)33(48)18-43-34(49)25-13-14-42-29-8-4-2-6-24(25)29/h1-16,31,35,45,50H,17-20H2,(H,43,49)(H,44,51). The van der Waals surface area contributed by atoms with Gasteiger partial charge in [-0.2, -0.15) is 0 Å². The number of ether oxygens (including phenoxy) is 1. The number of benzene rings is 4. The number of halogens is 4. The predicted molar refractivity (Wildman–Crippen MR) is 197 cm³/mol. The summed E-state index contributed by atoms with van der Waals surface area (Å²) in [6, 6.07) is 21.4. The number of rotatable bonds is 12. The second-order valence-corrected chi connectivity index (χ2v) is 13.1. The Labute approximate surface area is 316 Å². The highest BCUT2D eigenvalue weighted by Crippen LogP contribution is 2.35. The number of pyridine rings is 1. The summed E-state index contributed by atoms with van der Waals surface area (Å²) in [6.45, 7) is -1.81. The zero-order chi connectivity index (χ0) is 38.6. The van der Waals surface area contributed by atoms with Gasteiger partial charge >= 0.3 is 0 Å². The number of aliphatic hydroxyl groups excluding tert-OH is 1. The van der Waals surface area contributed by atoms with Gasteiger partial charge in [-0.3, -0.25) is 29.5 Å². The Morgan fingerprint density at radius 1 is 1.02 bits per heavy atom. The van der Waals surface area contributed by atoms with E-state index in [4.69, 9.17) is 27.9 Å². The Morgan fingerprint density at radius 2 is 1.78 bits per heavy atom. The Kier molecular flexibility index (Phi) is 11.2. The number of carbonyl (C=O) groups excluding carboxylic acids is 3. The van der Waals surface area contributed by atoms with Crippen LogP contribution < -0.4 is 20.7 Å². The van der Waals surface area contributed by atoms with Crippen molar-refractivity contribution in [1.82, 2.24) is 15.2 Å². The molecule has 4 aromatic carbocycles. The van der Waals surface area contributed by atoms with Gasteiger partial charge < -0.3 is 30.7 Å². The van der Waals surface area contributed by atoms with Crippen molar-refractivity contribution >= 4 is 68.9 Å². The minimum absolute atomic E-state index is 0.0128. The maximum atomic E-state index is 14.7. The van der Waals surface area contributed by atoms with Crippen molar-refractivity contribution in [2.24, 2.45) is 0 Å². The number of likely N-dealkylation sites (tertiary alicyclic amines) is 1. The van der Waals surface area contributed by atoms with Crippen LogP contribution in [0.1, 0.15) is 34.1 Å². The third kappa shape index (κ3) is 8.65. The zero-order valence-corrected chi connectivity index (χ0v) is 29.5. The summed E-state index contributed by atoms with van der Waals surface area (Å²) >= 11 is 12.4. The highest BCUT2D eigenvalue weighted by molar-refractivity contribution is 6.33. The van der Waals surface area contributed by atoms with Crippen molar-refractivity contribution in [3.8, 4) is 5.75 Å². The Balaban J connectivity index is 1.12. The highest BCUT2D eigenvalue weighted by Gasteiger charge is 2.50. The van der Waals surface area contributed by atoms with E-state index >= 15 is 0 Å². The van der Waals surface area contributed by atoms with Crippen LogP contribution in [0, 0.1) is 10.1 Å². The van der Waals surface area contributed by atoms with Crippen molar-refractivity contribution in [3.05, 3.63) is 134 Å². The van der Waals surface area contributed by atoms with Crippen LogP contribution in [-0.4, -0.2) is 62.7 Å². The summed E-state index contributed by atoms with van der Waals surface area (Å²) in [4.78, 5) is 55.1. The molecule has 0 radical (unpaired) electrons. The van der Waals surface area contributed by atoms with E-state index in [0.717, 1.165) is 11.0 Å². The molecule has 3 amide bonds. The minimum atomic E-state index is -3.36. The fourth-order valence-electron chi connectivity index (χ4n) is 5.92. The maximum absolute atomic E-state index is 14.7. The number of amides is 3. The minimum Gasteiger partial charge on any atom is -0.488 e. The molecule has 17 heteroatoms. The number of nitrogens with one attached hydrogen (secondary N) is 3. The van der Waals surface area contributed by atoms with Crippen LogP contribution >= 0.6 is 23.2 Å². The molecule has 1 aliphatic rings. The summed E-state index contributed by atoms with van der Waals surface area (Å²) in [6.07, 6.45) is -0.919. The molecule has 2 heterocycles. The predicted octanol–water partition coefficient (Wildman–Crippen LogP) is 6.74. The summed E-state index contributed by atoms with van der Waals surface area (Å²) < 4.78 is 35.4. The van der Waals surface area contributed by atoms with Gasteiger partial charge in [0.15, 0.2) is 6.23 Å². The molecule has 2 unspecified atom stereocenters. The van der Waals surface area contributed by atoms with Crippen LogP contribution in [0.3, 0.4) is 0 Å². The highest BCUT2D eigenvalue weighted by atomic mass is 35.5. The first-order valence-electron chi connectivity index (χ1n) is 16.3. The quantitative estimate of drug-likeness (QED) is 0.0608. The molecular weight excluding hydrogens is 749 g/mol. The zero-order valence-electron chi connectivity index (χ0n) is 28.0. The Hall–Kier alpha value is -5.90. The molecule has 278 valence electrons. The molecule has 0 bridgehead atoms. The molecule has 1 aliphatic heterocycles. The number of hydrogen-bond donors (Lipinski definition) is 4. The van der Waals surface area contributed by atoms with Crippen LogP contribution in [0.5, 0.6) is 5.75 Å². The summed E-state index contributed by atoms with van der Waals surface area (Å²) in [5.74, 6) is -5.53. The molecule has 0 spiro atoms. The monoisotopic (exact) mass is 778 g/mol. The van der Waals surface area contributed by atoms with Crippen molar-refractivity contribution in [2.75, 3.05) is 23.7 Å². The van der Waals surface area contributed by atoms with E-state index in [1.54, 1.807) is 42.5 Å². The fraction of sp³-hybridized carbons (Fsp3) is 0.189. The van der Waals surface area contributed by atoms with Gasteiger partial charge in [-0.25, -0.2) is 8.78 Å². The molecule has 5 aromatic rings. The number of aromatic nitrogens is 1. The molecule has 0 aliphatic carbocycles. The van der Waals surface area contributed by atoms with Crippen LogP contribution in [0.4, 0.5) is 25.8 Å². The third-order valence-corrected chi connectivity index (χ3v) is 9.12. The van der Waals surface area contributed by atoms with E-state index in [2.05, 4.69) is 20.9 Å². The van der Waals surface area contributed by atoms with Crippen LogP contribution in [0.2, 0.25) is 10.0 Å². The van der Waals surface area contributed by atoms with Crippen LogP contribution in [0.25, 0.3) is 10.9 Å². The van der Waals surface area contributed by atoms with Crippen LogP contribution in [-0.2, 0) is 16.2 Å². The fourth-order valence-corrected chi connectivity index (χ4v) is 6.33. The molecule has 2 atom stereocenters. The summed E-state index contributed by atoms with van der Waals surface area (Å²) in [5, 5.41) is 30.8. The van der Waals surface area contributed by atoms with E-state index < -0.39 is 60.3 Å². The number of alkyl halides is 2. The van der Waals surface area contributed by atoms with Crippen molar-refractivity contribution in [3.63, 3.8) is 0 Å². The van der Waals surface area contributed by atoms with E-state index in [1.807, 2.05) is 0 Å². The van der Waals surface area contributed by atoms with Gasteiger partial charge in [-0.1, -0.05) is 59.6 Å². The molecule has 6 rings (SSSR count). The molecule has 13 nitrogen and oxygen atoms in total. The average molecular weight is 780 g/mol. The van der Waals surface area contributed by atoms with Gasteiger partial charge in [0.25, 0.3) is 17.5 Å². The van der Waals surface area contributed by atoms with Gasteiger partial charge in [0.2, 0.25) is 11.8 Å². The smallest absolute Gasteiger partial charge is 0.271 e.